The van der Waals surface area contributed by atoms with Gasteiger partial charge in [-0.05, 0) is 56.1 Å². The predicted octanol–water partition coefficient (Wildman–Crippen LogP) is 5.55. The Balaban J connectivity index is 2.09. The average Bonchev–Trinajstić information content (AvgIpc) is 2.44. The Kier molecular flexibility index (Phi) is 3.92. The van der Waals surface area contributed by atoms with E-state index in [9.17, 15) is 0 Å². The van der Waals surface area contributed by atoms with Crippen molar-refractivity contribution in [3.63, 3.8) is 0 Å². The predicted molar refractivity (Wildman–Crippen MR) is 89.7 cm³/mol. The third-order valence-electron chi connectivity index (χ3n) is 2.77. The summed E-state index contributed by atoms with van der Waals surface area (Å²) < 4.78 is 1.72. The van der Waals surface area contributed by atoms with Crippen molar-refractivity contribution >= 4 is 65.9 Å². The van der Waals surface area contributed by atoms with Crippen LogP contribution in [0.5, 0.6) is 0 Å². The van der Waals surface area contributed by atoms with Crippen molar-refractivity contribution in [2.75, 3.05) is 5.32 Å². The lowest BCUT2D eigenvalue weighted by Gasteiger charge is -2.11. The van der Waals surface area contributed by atoms with Gasteiger partial charge in [0.15, 0.2) is 0 Å². The second kappa shape index (κ2) is 5.68. The first-order valence-electron chi connectivity index (χ1n) is 5.76. The molecule has 1 aromatic carbocycles. The van der Waals surface area contributed by atoms with Crippen molar-refractivity contribution in [2.24, 2.45) is 0 Å². The van der Waals surface area contributed by atoms with E-state index in [4.69, 9.17) is 11.6 Å². The number of fused-ring (bicyclic) bond motifs is 1. The van der Waals surface area contributed by atoms with Gasteiger partial charge >= 0.3 is 0 Å². The molecule has 3 nitrogen and oxygen atoms in total. The molecule has 0 unspecified atom stereocenters. The van der Waals surface area contributed by atoms with Gasteiger partial charge < -0.3 is 5.32 Å². The zero-order chi connectivity index (χ0) is 14.1. The highest BCUT2D eigenvalue weighted by Gasteiger charge is 2.08. The standard InChI is InChI=1S/C14H8Br2ClN3/c15-8-6-12-14(19-7-8)11(4-5-18-12)20-10-3-1-2-9(17)13(10)16/h1-7H,(H,18,20). The van der Waals surface area contributed by atoms with Gasteiger partial charge in [-0.3, -0.25) is 9.97 Å². The van der Waals surface area contributed by atoms with Crippen LogP contribution in [-0.2, 0) is 0 Å². The van der Waals surface area contributed by atoms with Crippen molar-refractivity contribution in [1.82, 2.24) is 9.97 Å². The van der Waals surface area contributed by atoms with E-state index in [0.717, 1.165) is 31.4 Å². The molecule has 0 aliphatic carbocycles. The molecule has 3 rings (SSSR count). The summed E-state index contributed by atoms with van der Waals surface area (Å²) >= 11 is 13.0. The van der Waals surface area contributed by atoms with Crippen LogP contribution in [0.25, 0.3) is 11.0 Å². The maximum absolute atomic E-state index is 6.10. The average molecular weight is 414 g/mol. The Morgan fingerprint density at radius 2 is 1.90 bits per heavy atom. The van der Waals surface area contributed by atoms with Crippen molar-refractivity contribution < 1.29 is 0 Å². The molecule has 0 atom stereocenters. The number of nitrogens with zero attached hydrogens (tertiary/aromatic N) is 2. The first-order valence-corrected chi connectivity index (χ1v) is 7.73. The van der Waals surface area contributed by atoms with Crippen molar-refractivity contribution in [3.8, 4) is 0 Å². The lowest BCUT2D eigenvalue weighted by Crippen LogP contribution is -1.95. The second-order valence-corrected chi connectivity index (χ2v) is 6.22. The maximum Gasteiger partial charge on any atom is 0.112 e. The van der Waals surface area contributed by atoms with E-state index in [0.29, 0.717) is 5.02 Å². The molecular formula is C14H8Br2ClN3. The molecule has 0 spiro atoms. The zero-order valence-corrected chi connectivity index (χ0v) is 14.0. The molecular weight excluding hydrogens is 405 g/mol. The van der Waals surface area contributed by atoms with Crippen molar-refractivity contribution in [1.29, 1.82) is 0 Å². The number of benzene rings is 1. The summed E-state index contributed by atoms with van der Waals surface area (Å²) in [6.45, 7) is 0. The molecule has 0 aliphatic heterocycles. The van der Waals surface area contributed by atoms with E-state index in [-0.39, 0.29) is 0 Å². The van der Waals surface area contributed by atoms with Crippen LogP contribution >= 0.6 is 43.5 Å². The van der Waals surface area contributed by atoms with Gasteiger partial charge in [0.25, 0.3) is 0 Å². The molecule has 0 saturated heterocycles. The van der Waals surface area contributed by atoms with E-state index in [2.05, 4.69) is 47.1 Å². The van der Waals surface area contributed by atoms with Crippen LogP contribution < -0.4 is 5.32 Å². The van der Waals surface area contributed by atoms with E-state index < -0.39 is 0 Å². The molecule has 2 aromatic heterocycles. The second-order valence-electron chi connectivity index (χ2n) is 4.11. The van der Waals surface area contributed by atoms with Crippen LogP contribution in [-0.4, -0.2) is 9.97 Å². The first kappa shape index (κ1) is 13.8. The van der Waals surface area contributed by atoms with Gasteiger partial charge in [-0.25, -0.2) is 0 Å². The normalized spacial score (nSPS) is 10.8. The molecule has 20 heavy (non-hydrogen) atoms. The Bertz CT molecular complexity index is 792. The maximum atomic E-state index is 6.10. The fourth-order valence-corrected chi connectivity index (χ4v) is 2.71. The van der Waals surface area contributed by atoms with Crippen LogP contribution in [0.1, 0.15) is 0 Å². The van der Waals surface area contributed by atoms with E-state index in [1.54, 1.807) is 12.4 Å². The fourth-order valence-electron chi connectivity index (χ4n) is 1.85. The molecule has 3 aromatic rings. The number of halogens is 3. The zero-order valence-electron chi connectivity index (χ0n) is 10.1. The van der Waals surface area contributed by atoms with Gasteiger partial charge in [0.2, 0.25) is 0 Å². The van der Waals surface area contributed by atoms with E-state index in [1.165, 1.54) is 0 Å². The molecule has 0 saturated carbocycles. The summed E-state index contributed by atoms with van der Waals surface area (Å²) in [5.41, 5.74) is 3.39. The third kappa shape index (κ3) is 2.66. The monoisotopic (exact) mass is 411 g/mol. The van der Waals surface area contributed by atoms with Gasteiger partial charge in [-0.1, -0.05) is 17.7 Å². The number of nitrogens with one attached hydrogen (secondary N) is 1. The summed E-state index contributed by atoms with van der Waals surface area (Å²) in [6.07, 6.45) is 3.50. The summed E-state index contributed by atoms with van der Waals surface area (Å²) in [6, 6.07) is 9.48. The lowest BCUT2D eigenvalue weighted by molar-refractivity contribution is 1.32. The first-order chi connectivity index (χ1) is 9.65. The highest BCUT2D eigenvalue weighted by Crippen LogP contribution is 2.33. The molecule has 0 amide bonds. The van der Waals surface area contributed by atoms with Crippen molar-refractivity contribution in [2.45, 2.75) is 0 Å². The molecule has 0 aliphatic rings. The molecule has 100 valence electrons. The van der Waals surface area contributed by atoms with Crippen LogP contribution in [0, 0.1) is 0 Å². The van der Waals surface area contributed by atoms with Gasteiger partial charge in [0.1, 0.15) is 5.52 Å². The van der Waals surface area contributed by atoms with Crippen LogP contribution in [0.15, 0.2) is 51.7 Å². The third-order valence-corrected chi connectivity index (χ3v) is 4.60. The fraction of sp³-hybridized carbons (Fsp3) is 0. The van der Waals surface area contributed by atoms with E-state index >= 15 is 0 Å². The largest absolute Gasteiger partial charge is 0.353 e. The van der Waals surface area contributed by atoms with Gasteiger partial charge in [-0.2, -0.15) is 0 Å². The minimum atomic E-state index is 0.657. The van der Waals surface area contributed by atoms with E-state index in [1.807, 2.05) is 30.3 Å². The number of rotatable bonds is 2. The highest BCUT2D eigenvalue weighted by atomic mass is 79.9. The van der Waals surface area contributed by atoms with Gasteiger partial charge in [0, 0.05) is 16.9 Å². The van der Waals surface area contributed by atoms with Crippen LogP contribution in [0.4, 0.5) is 11.4 Å². The number of hydrogen-bond acceptors (Lipinski definition) is 3. The molecule has 0 bridgehead atoms. The Hall–Kier alpha value is -1.17. The quantitative estimate of drug-likeness (QED) is 0.598. The summed E-state index contributed by atoms with van der Waals surface area (Å²) in [5.74, 6) is 0. The smallest absolute Gasteiger partial charge is 0.112 e. The SMILES string of the molecule is Clc1cccc(Nc2ccnc3cc(Br)cnc23)c1Br. The summed E-state index contributed by atoms with van der Waals surface area (Å²) in [5, 5.41) is 3.98. The number of anilines is 2. The Labute approximate surface area is 137 Å². The highest BCUT2D eigenvalue weighted by molar-refractivity contribution is 9.11. The number of pyridine rings is 2. The minimum Gasteiger partial charge on any atom is -0.353 e. The van der Waals surface area contributed by atoms with Crippen molar-refractivity contribution in [3.05, 3.63) is 56.7 Å². The van der Waals surface area contributed by atoms with Gasteiger partial charge in [-0.15, -0.1) is 0 Å². The van der Waals surface area contributed by atoms with Gasteiger partial charge in [0.05, 0.1) is 26.4 Å². The number of aromatic nitrogens is 2. The summed E-state index contributed by atoms with van der Waals surface area (Å²) in [4.78, 5) is 8.72. The molecule has 1 N–H and O–H groups in total. The Morgan fingerprint density at radius 1 is 1.05 bits per heavy atom. The van der Waals surface area contributed by atoms with Crippen LogP contribution in [0.3, 0.4) is 0 Å². The molecule has 0 radical (unpaired) electrons. The molecule has 2 heterocycles. The summed E-state index contributed by atoms with van der Waals surface area (Å²) in [7, 11) is 0. The number of hydrogen-bond donors (Lipinski definition) is 1. The minimum absolute atomic E-state index is 0.657. The topological polar surface area (TPSA) is 37.8 Å². The molecule has 0 fully saturated rings. The molecule has 6 heteroatoms. The Morgan fingerprint density at radius 3 is 2.75 bits per heavy atom. The lowest BCUT2D eigenvalue weighted by atomic mass is 10.2. The van der Waals surface area contributed by atoms with Crippen LogP contribution in [0.2, 0.25) is 5.02 Å².